The molecule has 0 radical (unpaired) electrons. The van der Waals surface area contributed by atoms with Crippen LogP contribution in [0, 0.1) is 0 Å². The lowest BCUT2D eigenvalue weighted by atomic mass is 9.98. The number of thiocarbonyl (C=S) groups is 1. The molecule has 31 heavy (non-hydrogen) atoms. The van der Waals surface area contributed by atoms with Crippen molar-refractivity contribution in [3.05, 3.63) is 16.0 Å². The molecule has 0 bridgehead atoms. The number of nitrogens with one attached hydrogen (secondary N) is 2. The van der Waals surface area contributed by atoms with Crippen LogP contribution in [-0.4, -0.2) is 23.7 Å². The number of thiophene rings is 1. The molecule has 1 aromatic heterocycles. The lowest BCUT2D eigenvalue weighted by molar-refractivity contribution is 0.0527. The molecule has 0 amide bonds. The van der Waals surface area contributed by atoms with Crippen molar-refractivity contribution in [1.29, 1.82) is 0 Å². The van der Waals surface area contributed by atoms with E-state index in [1.165, 1.54) is 93.9 Å². The molecule has 2 aliphatic carbocycles. The van der Waals surface area contributed by atoms with Gasteiger partial charge in [0.15, 0.2) is 5.11 Å². The van der Waals surface area contributed by atoms with Crippen molar-refractivity contribution in [1.82, 2.24) is 5.32 Å². The van der Waals surface area contributed by atoms with Crippen molar-refractivity contribution in [2.24, 2.45) is 0 Å². The van der Waals surface area contributed by atoms with Gasteiger partial charge in [0.1, 0.15) is 5.00 Å². The van der Waals surface area contributed by atoms with Crippen molar-refractivity contribution in [2.75, 3.05) is 11.9 Å². The van der Waals surface area contributed by atoms with Crippen LogP contribution in [0.4, 0.5) is 5.00 Å². The summed E-state index contributed by atoms with van der Waals surface area (Å²) in [7, 11) is 0. The highest BCUT2D eigenvalue weighted by Gasteiger charge is 2.26. The van der Waals surface area contributed by atoms with Crippen molar-refractivity contribution < 1.29 is 9.53 Å². The Balaban J connectivity index is 1.66. The molecule has 1 heterocycles. The van der Waals surface area contributed by atoms with E-state index in [0.717, 1.165) is 29.8 Å². The largest absolute Gasteiger partial charge is 0.462 e. The molecule has 0 unspecified atom stereocenters. The number of esters is 1. The number of anilines is 1. The Morgan fingerprint density at radius 2 is 1.52 bits per heavy atom. The average molecular weight is 465 g/mol. The van der Waals surface area contributed by atoms with Crippen LogP contribution in [0.5, 0.6) is 0 Å². The molecule has 2 N–H and O–H groups in total. The maximum Gasteiger partial charge on any atom is 0.341 e. The molecule has 4 nitrogen and oxygen atoms in total. The van der Waals surface area contributed by atoms with Gasteiger partial charge in [-0.3, -0.25) is 0 Å². The summed E-state index contributed by atoms with van der Waals surface area (Å²) in [5, 5.41) is 8.51. The van der Waals surface area contributed by atoms with Gasteiger partial charge in [0.25, 0.3) is 0 Å². The van der Waals surface area contributed by atoms with Gasteiger partial charge in [0, 0.05) is 10.9 Å². The summed E-state index contributed by atoms with van der Waals surface area (Å²) in [5.41, 5.74) is 1.92. The summed E-state index contributed by atoms with van der Waals surface area (Å²) in [4.78, 5) is 14.1. The fourth-order valence-electron chi connectivity index (χ4n) is 4.88. The molecule has 1 fully saturated rings. The van der Waals surface area contributed by atoms with Crippen molar-refractivity contribution in [2.45, 2.75) is 116 Å². The second-order valence-electron chi connectivity index (χ2n) is 9.04. The summed E-state index contributed by atoms with van der Waals surface area (Å²) in [6.07, 6.45) is 20.0. The van der Waals surface area contributed by atoms with Gasteiger partial charge in [0.05, 0.1) is 12.2 Å². The van der Waals surface area contributed by atoms with Crippen molar-refractivity contribution in [3.63, 3.8) is 0 Å². The zero-order valence-corrected chi connectivity index (χ0v) is 20.9. The van der Waals surface area contributed by atoms with Gasteiger partial charge in [-0.1, -0.05) is 64.2 Å². The van der Waals surface area contributed by atoms with Gasteiger partial charge in [-0.05, 0) is 63.2 Å². The highest BCUT2D eigenvalue weighted by Crippen LogP contribution is 2.38. The maximum absolute atomic E-state index is 12.8. The smallest absolute Gasteiger partial charge is 0.341 e. The Labute approximate surface area is 197 Å². The standard InChI is InChI=1S/C25H40N2O2S2/c1-2-29-24(28)22-20-17-13-10-14-18-21(20)31-23(22)27-25(30)26-19-15-11-8-6-4-3-5-7-9-12-16-19/h19H,2-18H2,1H3,(H2,26,27,30). The normalized spacial score (nSPS) is 19.3. The van der Waals surface area contributed by atoms with Crippen molar-refractivity contribution >= 4 is 39.6 Å². The Hall–Kier alpha value is -1.14. The number of fused-ring (bicyclic) bond motifs is 1. The van der Waals surface area contributed by atoms with E-state index in [1.54, 1.807) is 11.3 Å². The van der Waals surface area contributed by atoms with Crippen LogP contribution >= 0.6 is 23.6 Å². The predicted molar refractivity (Wildman–Crippen MR) is 135 cm³/mol. The minimum atomic E-state index is -0.210. The summed E-state index contributed by atoms with van der Waals surface area (Å²) in [6.45, 7) is 2.26. The van der Waals surface area contributed by atoms with E-state index in [9.17, 15) is 4.79 Å². The molecule has 6 heteroatoms. The number of carbonyl (C=O) groups is 1. The minimum Gasteiger partial charge on any atom is -0.462 e. The molecular formula is C25H40N2O2S2. The van der Waals surface area contributed by atoms with E-state index >= 15 is 0 Å². The third-order valence-corrected chi connectivity index (χ3v) is 8.00. The number of hydrogen-bond acceptors (Lipinski definition) is 4. The first-order valence-corrected chi connectivity index (χ1v) is 13.8. The van der Waals surface area contributed by atoms with Crippen molar-refractivity contribution in [3.8, 4) is 0 Å². The molecule has 3 rings (SSSR count). The van der Waals surface area contributed by atoms with E-state index in [0.29, 0.717) is 17.8 Å². The van der Waals surface area contributed by atoms with E-state index in [2.05, 4.69) is 10.6 Å². The van der Waals surface area contributed by atoms with Gasteiger partial charge in [-0.15, -0.1) is 11.3 Å². The second-order valence-corrected chi connectivity index (χ2v) is 10.6. The number of rotatable bonds is 4. The van der Waals surface area contributed by atoms with Crippen LogP contribution in [0.15, 0.2) is 0 Å². The fourth-order valence-corrected chi connectivity index (χ4v) is 6.50. The molecule has 0 spiro atoms. The Morgan fingerprint density at radius 1 is 0.935 bits per heavy atom. The van der Waals surface area contributed by atoms with Gasteiger partial charge in [0.2, 0.25) is 0 Å². The highest BCUT2D eigenvalue weighted by atomic mass is 32.1. The zero-order valence-electron chi connectivity index (χ0n) is 19.2. The average Bonchev–Trinajstić information content (AvgIpc) is 2.90. The predicted octanol–water partition coefficient (Wildman–Crippen LogP) is 7.15. The number of aryl methyl sites for hydroxylation is 1. The minimum absolute atomic E-state index is 0.210. The summed E-state index contributed by atoms with van der Waals surface area (Å²) >= 11 is 7.41. The Bertz CT molecular complexity index is 705. The third-order valence-electron chi connectivity index (χ3n) is 6.57. The lowest BCUT2D eigenvalue weighted by Crippen LogP contribution is -2.38. The molecule has 0 aliphatic heterocycles. The van der Waals surface area contributed by atoms with Crippen LogP contribution in [0.25, 0.3) is 0 Å². The molecule has 0 saturated heterocycles. The quantitative estimate of drug-likeness (QED) is 0.281. The van der Waals surface area contributed by atoms with Gasteiger partial charge < -0.3 is 15.4 Å². The fraction of sp³-hybridized carbons (Fsp3) is 0.760. The monoisotopic (exact) mass is 464 g/mol. The van der Waals surface area contributed by atoms with E-state index in [-0.39, 0.29) is 5.97 Å². The Morgan fingerprint density at radius 3 is 2.16 bits per heavy atom. The van der Waals surface area contributed by atoms with E-state index < -0.39 is 0 Å². The van der Waals surface area contributed by atoms with Gasteiger partial charge in [-0.25, -0.2) is 4.79 Å². The second kappa shape index (κ2) is 13.4. The molecule has 1 saturated carbocycles. The molecular weight excluding hydrogens is 424 g/mol. The number of hydrogen-bond donors (Lipinski definition) is 2. The van der Waals surface area contributed by atoms with Crippen LogP contribution in [-0.2, 0) is 17.6 Å². The van der Waals surface area contributed by atoms with Crippen LogP contribution in [0.1, 0.15) is 118 Å². The van der Waals surface area contributed by atoms with Crippen LogP contribution < -0.4 is 10.6 Å². The molecule has 0 atom stereocenters. The van der Waals surface area contributed by atoms with E-state index in [4.69, 9.17) is 17.0 Å². The first-order valence-electron chi connectivity index (χ1n) is 12.6. The number of ether oxygens (including phenoxy) is 1. The first-order chi connectivity index (χ1) is 15.2. The van der Waals surface area contributed by atoms with E-state index in [1.807, 2.05) is 6.92 Å². The molecule has 0 aromatic carbocycles. The zero-order chi connectivity index (χ0) is 21.9. The molecule has 2 aliphatic rings. The topological polar surface area (TPSA) is 50.4 Å². The lowest BCUT2D eigenvalue weighted by Gasteiger charge is -2.21. The van der Waals surface area contributed by atoms with Gasteiger partial charge >= 0.3 is 5.97 Å². The summed E-state index contributed by atoms with van der Waals surface area (Å²) in [5.74, 6) is -0.210. The summed E-state index contributed by atoms with van der Waals surface area (Å²) in [6, 6.07) is 0.420. The Kier molecular flexibility index (Phi) is 10.6. The maximum atomic E-state index is 12.8. The number of carbonyl (C=O) groups excluding carboxylic acids is 1. The molecule has 174 valence electrons. The third kappa shape index (κ3) is 7.74. The molecule has 1 aromatic rings. The van der Waals surface area contributed by atoms with Crippen LogP contribution in [0.3, 0.4) is 0 Å². The highest BCUT2D eigenvalue weighted by molar-refractivity contribution is 7.80. The van der Waals surface area contributed by atoms with Crippen LogP contribution in [0.2, 0.25) is 0 Å². The summed E-state index contributed by atoms with van der Waals surface area (Å²) < 4.78 is 5.41. The van der Waals surface area contributed by atoms with Gasteiger partial charge in [-0.2, -0.15) is 0 Å². The first kappa shape index (κ1) is 24.5. The SMILES string of the molecule is CCOC(=O)c1c(NC(=S)NC2CCCCCCCCCCC2)sc2c1CCCCC2.